The van der Waals surface area contributed by atoms with Crippen LogP contribution in [-0.2, 0) is 9.59 Å². The summed E-state index contributed by atoms with van der Waals surface area (Å²) in [4.78, 5) is 25.9. The van der Waals surface area contributed by atoms with Gasteiger partial charge in [0.25, 0.3) is 0 Å². The van der Waals surface area contributed by atoms with E-state index in [4.69, 9.17) is 0 Å². The molecule has 84 valence electrons. The molecule has 0 spiro atoms. The van der Waals surface area contributed by atoms with E-state index in [1.165, 1.54) is 0 Å². The molecule has 6 heteroatoms. The lowest BCUT2D eigenvalue weighted by Gasteiger charge is -2.07. The average molecular weight is 212 g/mol. The number of carbonyl (C=O) groups excluding carboxylic acids is 2. The van der Waals surface area contributed by atoms with E-state index in [0.29, 0.717) is 0 Å². The zero-order valence-corrected chi connectivity index (χ0v) is 8.72. The van der Waals surface area contributed by atoms with Crippen molar-refractivity contribution in [3.05, 3.63) is 12.2 Å². The number of likely N-dealkylation sites (N-methyl/N-ethyl adjacent to an activating group) is 1. The van der Waals surface area contributed by atoms with E-state index in [1.54, 1.807) is 0 Å². The monoisotopic (exact) mass is 212 g/mol. The Bertz CT molecular complexity index is 257. The molecule has 0 radical (unpaired) electrons. The molecular weight excluding hydrogens is 196 g/mol. The fourth-order valence-corrected chi connectivity index (χ4v) is 0.821. The minimum absolute atomic E-state index is 0.677. The second-order valence-corrected chi connectivity index (χ2v) is 2.79. The van der Waals surface area contributed by atoms with Crippen molar-refractivity contribution in [2.45, 2.75) is 6.92 Å². The molecule has 6 nitrogen and oxygen atoms in total. The highest BCUT2D eigenvalue weighted by Crippen LogP contribution is 1.89. The third kappa shape index (κ3) is 8.48. The Morgan fingerprint density at radius 1 is 1.40 bits per heavy atom. The van der Waals surface area contributed by atoms with Crippen molar-refractivity contribution in [1.82, 2.24) is 4.90 Å². The lowest BCUT2D eigenvalue weighted by molar-refractivity contribution is -0.115. The van der Waals surface area contributed by atoms with E-state index in [2.05, 4.69) is 28.3 Å². The zero-order chi connectivity index (χ0) is 11.7. The number of primary amides is 2. The molecule has 0 fully saturated rings. The first-order chi connectivity index (χ1) is 7.06. The highest BCUT2D eigenvalue weighted by atomic mass is 16.1. The average Bonchev–Trinajstić information content (AvgIpc) is 2.68. The Balaban J connectivity index is 0.000000262. The van der Waals surface area contributed by atoms with Gasteiger partial charge in [0.2, 0.25) is 11.8 Å². The van der Waals surface area contributed by atoms with Crippen molar-refractivity contribution in [3.63, 3.8) is 0 Å². The van der Waals surface area contributed by atoms with Crippen LogP contribution in [0.3, 0.4) is 0 Å². The summed E-state index contributed by atoms with van der Waals surface area (Å²) in [5, 5.41) is 0. The molecule has 0 aromatic rings. The number of amides is 2. The molecular formula is C9H16N4O2. The van der Waals surface area contributed by atoms with E-state index < -0.39 is 11.8 Å². The van der Waals surface area contributed by atoms with Crippen LogP contribution in [0.25, 0.3) is 0 Å². The van der Waals surface area contributed by atoms with Gasteiger partial charge < -0.3 is 16.4 Å². The molecule has 2 amide bonds. The van der Waals surface area contributed by atoms with Gasteiger partial charge >= 0.3 is 0 Å². The SMILES string of the molecule is CCN1C=NCC1.NC(=O)/C=C\C(N)=O. The molecule has 0 atom stereocenters. The van der Waals surface area contributed by atoms with Crippen LogP contribution in [0.15, 0.2) is 17.1 Å². The highest BCUT2D eigenvalue weighted by molar-refractivity contribution is 5.95. The van der Waals surface area contributed by atoms with Gasteiger partial charge in [-0.2, -0.15) is 0 Å². The van der Waals surface area contributed by atoms with Crippen molar-refractivity contribution >= 4 is 18.2 Å². The van der Waals surface area contributed by atoms with E-state index in [-0.39, 0.29) is 0 Å². The third-order valence-electron chi connectivity index (χ3n) is 1.58. The van der Waals surface area contributed by atoms with Gasteiger partial charge in [0, 0.05) is 25.2 Å². The number of aliphatic imine (C=N–C) groups is 1. The lowest BCUT2D eigenvalue weighted by Crippen LogP contribution is -2.18. The maximum absolute atomic E-state index is 9.83. The standard InChI is InChI=1S/C5H10N2.C4H6N2O2/c1-2-7-4-3-6-5-7;5-3(7)1-2-4(6)8/h5H,2-4H2,1H3;1-2H,(H2,5,7)(H2,6,8)/b;2-1-. The van der Waals surface area contributed by atoms with Gasteiger partial charge in [-0.25, -0.2) is 0 Å². The molecule has 1 aliphatic heterocycles. The van der Waals surface area contributed by atoms with Gasteiger partial charge in [-0.05, 0) is 6.92 Å². The summed E-state index contributed by atoms with van der Waals surface area (Å²) in [6.45, 7) is 5.35. The van der Waals surface area contributed by atoms with Crippen LogP contribution < -0.4 is 11.5 Å². The van der Waals surface area contributed by atoms with Crippen LogP contribution in [0.4, 0.5) is 0 Å². The lowest BCUT2D eigenvalue weighted by atomic mass is 10.5. The van der Waals surface area contributed by atoms with Gasteiger partial charge in [-0.3, -0.25) is 14.6 Å². The van der Waals surface area contributed by atoms with Gasteiger partial charge in [0.05, 0.1) is 12.9 Å². The second kappa shape index (κ2) is 7.54. The quantitative estimate of drug-likeness (QED) is 0.578. The van der Waals surface area contributed by atoms with E-state index in [9.17, 15) is 9.59 Å². The molecule has 1 heterocycles. The number of carbonyl (C=O) groups is 2. The molecule has 0 bridgehead atoms. The Morgan fingerprint density at radius 3 is 2.13 bits per heavy atom. The topological polar surface area (TPSA) is 102 Å². The van der Waals surface area contributed by atoms with Crippen LogP contribution in [0.2, 0.25) is 0 Å². The van der Waals surface area contributed by atoms with Crippen LogP contribution in [0.5, 0.6) is 0 Å². The first-order valence-corrected chi connectivity index (χ1v) is 4.57. The molecule has 0 unspecified atom stereocenters. The number of nitrogens with two attached hydrogens (primary N) is 2. The van der Waals surface area contributed by atoms with Gasteiger partial charge in [-0.15, -0.1) is 0 Å². The van der Waals surface area contributed by atoms with Crippen LogP contribution in [0.1, 0.15) is 6.92 Å². The van der Waals surface area contributed by atoms with Crippen LogP contribution in [0, 0.1) is 0 Å². The van der Waals surface area contributed by atoms with E-state index in [0.717, 1.165) is 31.8 Å². The molecule has 1 rings (SSSR count). The first-order valence-electron chi connectivity index (χ1n) is 4.57. The highest BCUT2D eigenvalue weighted by Gasteiger charge is 1.98. The Hall–Kier alpha value is -1.85. The summed E-state index contributed by atoms with van der Waals surface area (Å²) >= 11 is 0. The largest absolute Gasteiger partial charge is 0.366 e. The summed E-state index contributed by atoms with van der Waals surface area (Å²) in [5.74, 6) is -1.35. The molecule has 0 aromatic heterocycles. The smallest absolute Gasteiger partial charge is 0.241 e. The summed E-state index contributed by atoms with van der Waals surface area (Å²) in [5.41, 5.74) is 9.21. The zero-order valence-electron chi connectivity index (χ0n) is 8.72. The predicted octanol–water partition coefficient (Wildman–Crippen LogP) is -1.14. The summed E-state index contributed by atoms with van der Waals surface area (Å²) < 4.78 is 0. The van der Waals surface area contributed by atoms with Gasteiger partial charge in [0.15, 0.2) is 0 Å². The third-order valence-corrected chi connectivity index (χ3v) is 1.58. The number of hydrogen-bond donors (Lipinski definition) is 2. The van der Waals surface area contributed by atoms with Crippen molar-refractivity contribution < 1.29 is 9.59 Å². The van der Waals surface area contributed by atoms with Gasteiger partial charge in [-0.1, -0.05) is 0 Å². The van der Waals surface area contributed by atoms with Crippen LogP contribution >= 0.6 is 0 Å². The normalized spacial score (nSPS) is 13.8. The van der Waals surface area contributed by atoms with Crippen LogP contribution in [-0.4, -0.2) is 42.7 Å². The first kappa shape index (κ1) is 13.2. The Labute approximate surface area is 88.6 Å². The molecule has 0 saturated carbocycles. The van der Waals surface area contributed by atoms with E-state index >= 15 is 0 Å². The fourth-order valence-electron chi connectivity index (χ4n) is 0.821. The fraction of sp³-hybridized carbons (Fsp3) is 0.444. The van der Waals surface area contributed by atoms with E-state index in [1.807, 2.05) is 6.34 Å². The minimum atomic E-state index is -0.677. The molecule has 4 N–H and O–H groups in total. The summed E-state index contributed by atoms with van der Waals surface area (Å²) in [6.07, 6.45) is 3.73. The predicted molar refractivity (Wildman–Crippen MR) is 58.1 cm³/mol. The van der Waals surface area contributed by atoms with Crippen molar-refractivity contribution in [2.75, 3.05) is 19.6 Å². The molecule has 15 heavy (non-hydrogen) atoms. The number of hydrogen-bond acceptors (Lipinski definition) is 4. The number of nitrogens with zero attached hydrogens (tertiary/aromatic N) is 2. The Kier molecular flexibility index (Phi) is 6.61. The van der Waals surface area contributed by atoms with Crippen molar-refractivity contribution in [2.24, 2.45) is 16.5 Å². The maximum atomic E-state index is 9.83. The Morgan fingerprint density at radius 2 is 1.93 bits per heavy atom. The minimum Gasteiger partial charge on any atom is -0.366 e. The van der Waals surface area contributed by atoms with Crippen molar-refractivity contribution in [1.29, 1.82) is 0 Å². The molecule has 0 aliphatic carbocycles. The van der Waals surface area contributed by atoms with Crippen molar-refractivity contribution in [3.8, 4) is 0 Å². The summed E-state index contributed by atoms with van der Waals surface area (Å²) in [6, 6.07) is 0. The molecule has 0 aromatic carbocycles. The maximum Gasteiger partial charge on any atom is 0.241 e. The summed E-state index contributed by atoms with van der Waals surface area (Å²) in [7, 11) is 0. The molecule has 0 saturated heterocycles. The van der Waals surface area contributed by atoms with Gasteiger partial charge in [0.1, 0.15) is 0 Å². The number of rotatable bonds is 3. The molecule has 1 aliphatic rings. The second-order valence-electron chi connectivity index (χ2n) is 2.79.